The standard InChI is InChI=1S/C5H12O4.C5H12.3C3H4O2/c6-1-5(2-7,3-8)4-9;1-5(2,3)4;3*1-2-3(4)5/h6-9H,1-4H2;1-4H3;3*2H,1H2,(H,4,5). The Labute approximate surface area is 171 Å². The van der Waals surface area contributed by atoms with Crippen molar-refractivity contribution in [2.45, 2.75) is 27.7 Å². The Kier molecular flexibility index (Phi) is 30.2. The quantitative estimate of drug-likeness (QED) is 0.287. The second kappa shape index (κ2) is 23.5. The second-order valence-electron chi connectivity index (χ2n) is 6.76. The third kappa shape index (κ3) is 58.6. The van der Waals surface area contributed by atoms with Crippen molar-refractivity contribution in [3.8, 4) is 0 Å². The zero-order valence-corrected chi connectivity index (χ0v) is 17.5. The maximum absolute atomic E-state index is 9.25. The van der Waals surface area contributed by atoms with Gasteiger partial charge < -0.3 is 35.7 Å². The Morgan fingerprint density at radius 1 is 0.621 bits per heavy atom. The molecule has 0 heterocycles. The van der Waals surface area contributed by atoms with Crippen LogP contribution < -0.4 is 0 Å². The van der Waals surface area contributed by atoms with Crippen molar-refractivity contribution in [3.63, 3.8) is 0 Å². The van der Waals surface area contributed by atoms with Gasteiger partial charge in [-0.25, -0.2) is 14.4 Å². The number of carboxylic acid groups (broad SMARTS) is 3. The molecule has 0 aromatic carbocycles. The van der Waals surface area contributed by atoms with Crippen molar-refractivity contribution >= 4 is 17.9 Å². The van der Waals surface area contributed by atoms with E-state index in [0.717, 1.165) is 18.2 Å². The Bertz CT molecular complexity index is 394. The molecule has 0 aromatic rings. The third-order valence-electron chi connectivity index (χ3n) is 1.87. The van der Waals surface area contributed by atoms with Crippen molar-refractivity contribution in [1.29, 1.82) is 0 Å². The maximum Gasteiger partial charge on any atom is 0.327 e. The molecule has 0 saturated heterocycles. The summed E-state index contributed by atoms with van der Waals surface area (Å²) >= 11 is 0. The van der Waals surface area contributed by atoms with E-state index in [1.165, 1.54) is 0 Å². The highest BCUT2D eigenvalue weighted by atomic mass is 16.4. The van der Waals surface area contributed by atoms with Crippen LogP contribution in [0.5, 0.6) is 0 Å². The SMILES string of the molecule is C=CC(=O)O.C=CC(=O)O.C=CC(=O)O.CC(C)(C)C.OCC(CO)(CO)CO. The van der Waals surface area contributed by atoms with Crippen molar-refractivity contribution in [1.82, 2.24) is 0 Å². The molecular formula is C19H36O10. The molecule has 0 rings (SSSR count). The van der Waals surface area contributed by atoms with E-state index in [4.69, 9.17) is 35.7 Å². The van der Waals surface area contributed by atoms with Crippen LogP contribution in [0, 0.1) is 10.8 Å². The van der Waals surface area contributed by atoms with Gasteiger partial charge in [-0.05, 0) is 5.41 Å². The molecule has 0 bridgehead atoms. The Morgan fingerprint density at radius 2 is 0.724 bits per heavy atom. The number of carbonyl (C=O) groups is 3. The van der Waals surface area contributed by atoms with E-state index in [9.17, 15) is 14.4 Å². The van der Waals surface area contributed by atoms with E-state index in [1.54, 1.807) is 0 Å². The van der Waals surface area contributed by atoms with Gasteiger partial charge in [0, 0.05) is 18.2 Å². The molecule has 172 valence electrons. The Balaban J connectivity index is -0.0000000853. The van der Waals surface area contributed by atoms with Gasteiger partial charge in [0.05, 0.1) is 31.8 Å². The van der Waals surface area contributed by atoms with E-state index in [-0.39, 0.29) is 0 Å². The third-order valence-corrected chi connectivity index (χ3v) is 1.87. The van der Waals surface area contributed by atoms with Gasteiger partial charge >= 0.3 is 17.9 Å². The molecule has 0 aliphatic heterocycles. The summed E-state index contributed by atoms with van der Waals surface area (Å²) in [6, 6.07) is 0. The zero-order valence-electron chi connectivity index (χ0n) is 17.5. The lowest BCUT2D eigenvalue weighted by Crippen LogP contribution is -2.37. The molecule has 0 radical (unpaired) electrons. The maximum atomic E-state index is 9.25. The molecular weight excluding hydrogens is 388 g/mol. The zero-order chi connectivity index (χ0) is 24.7. The lowest BCUT2D eigenvalue weighted by Gasteiger charge is -2.23. The highest BCUT2D eigenvalue weighted by Gasteiger charge is 2.26. The first kappa shape index (κ1) is 37.3. The van der Waals surface area contributed by atoms with Gasteiger partial charge in [0.25, 0.3) is 0 Å². The molecule has 0 unspecified atom stereocenters. The number of aliphatic hydroxyl groups excluding tert-OH is 4. The minimum Gasteiger partial charge on any atom is -0.478 e. The van der Waals surface area contributed by atoms with E-state index < -0.39 is 49.8 Å². The summed E-state index contributed by atoms with van der Waals surface area (Å²) in [5.41, 5.74) is -0.611. The van der Waals surface area contributed by atoms with Crippen LogP contribution in [0.15, 0.2) is 38.0 Å². The van der Waals surface area contributed by atoms with Gasteiger partial charge in [-0.15, -0.1) is 0 Å². The van der Waals surface area contributed by atoms with Gasteiger partial charge in [0.15, 0.2) is 0 Å². The number of aliphatic carboxylic acids is 3. The van der Waals surface area contributed by atoms with Crippen molar-refractivity contribution in [3.05, 3.63) is 38.0 Å². The average molecular weight is 424 g/mol. The van der Waals surface area contributed by atoms with Crippen LogP contribution in [0.25, 0.3) is 0 Å². The minimum atomic E-state index is -1.11. The van der Waals surface area contributed by atoms with E-state index in [0.29, 0.717) is 5.41 Å². The highest BCUT2D eigenvalue weighted by Crippen LogP contribution is 2.11. The molecule has 10 nitrogen and oxygen atoms in total. The molecule has 0 saturated carbocycles. The van der Waals surface area contributed by atoms with E-state index in [2.05, 4.69) is 47.4 Å². The van der Waals surface area contributed by atoms with Gasteiger partial charge in [-0.3, -0.25) is 0 Å². The smallest absolute Gasteiger partial charge is 0.327 e. The van der Waals surface area contributed by atoms with Crippen LogP contribution in [0.2, 0.25) is 0 Å². The van der Waals surface area contributed by atoms with Crippen LogP contribution >= 0.6 is 0 Å². The van der Waals surface area contributed by atoms with Crippen molar-refractivity contribution in [2.24, 2.45) is 10.8 Å². The summed E-state index contributed by atoms with van der Waals surface area (Å²) in [5, 5.41) is 56.8. The first-order valence-electron chi connectivity index (χ1n) is 8.05. The van der Waals surface area contributed by atoms with E-state index >= 15 is 0 Å². The van der Waals surface area contributed by atoms with Gasteiger partial charge in [-0.1, -0.05) is 47.4 Å². The first-order valence-corrected chi connectivity index (χ1v) is 8.05. The fraction of sp³-hybridized carbons (Fsp3) is 0.526. The molecule has 0 spiro atoms. The fourth-order valence-corrected chi connectivity index (χ4v) is 0.300. The summed E-state index contributed by atoms with van der Waals surface area (Å²) in [7, 11) is 0. The van der Waals surface area contributed by atoms with Crippen LogP contribution in [0.1, 0.15) is 27.7 Å². The predicted molar refractivity (Wildman–Crippen MR) is 109 cm³/mol. The van der Waals surface area contributed by atoms with Crippen LogP contribution in [-0.4, -0.2) is 80.1 Å². The normalized spacial score (nSPS) is 9.10. The number of hydrogen-bond donors (Lipinski definition) is 7. The molecule has 7 N–H and O–H groups in total. The summed E-state index contributed by atoms with van der Waals surface area (Å²) in [6.07, 6.45) is 2.50. The average Bonchev–Trinajstić information content (AvgIpc) is 2.64. The highest BCUT2D eigenvalue weighted by molar-refractivity contribution is 5.79. The second-order valence-corrected chi connectivity index (χ2v) is 6.76. The molecule has 0 amide bonds. The fourth-order valence-electron chi connectivity index (χ4n) is 0.300. The summed E-state index contributed by atoms with van der Waals surface area (Å²) in [6.45, 7) is 16.0. The Hall–Kier alpha value is -2.53. The van der Waals surface area contributed by atoms with Gasteiger partial charge in [-0.2, -0.15) is 0 Å². The lowest BCUT2D eigenvalue weighted by atomic mass is 9.93. The van der Waals surface area contributed by atoms with E-state index in [1.807, 2.05) is 0 Å². The molecule has 0 fully saturated rings. The van der Waals surface area contributed by atoms with Crippen molar-refractivity contribution < 1.29 is 50.1 Å². The van der Waals surface area contributed by atoms with Crippen molar-refractivity contribution in [2.75, 3.05) is 26.4 Å². The number of carboxylic acids is 3. The molecule has 0 aliphatic carbocycles. The number of hydrogen-bond acceptors (Lipinski definition) is 7. The summed E-state index contributed by atoms with van der Waals surface area (Å²) in [5.74, 6) is -2.94. The Morgan fingerprint density at radius 3 is 0.724 bits per heavy atom. The summed E-state index contributed by atoms with van der Waals surface area (Å²) in [4.78, 5) is 27.8. The lowest BCUT2D eigenvalue weighted by molar-refractivity contribution is -0.132. The first-order chi connectivity index (χ1) is 13.1. The topological polar surface area (TPSA) is 193 Å². The van der Waals surface area contributed by atoms with Crippen LogP contribution in [0.4, 0.5) is 0 Å². The van der Waals surface area contributed by atoms with Gasteiger partial charge in [0.2, 0.25) is 0 Å². The number of rotatable bonds is 7. The predicted octanol–water partition coefficient (Wildman–Crippen LogP) is 0.765. The van der Waals surface area contributed by atoms with Crippen LogP contribution in [0.3, 0.4) is 0 Å². The molecule has 29 heavy (non-hydrogen) atoms. The van der Waals surface area contributed by atoms with Gasteiger partial charge in [0.1, 0.15) is 0 Å². The molecule has 0 aromatic heterocycles. The monoisotopic (exact) mass is 424 g/mol. The molecule has 0 atom stereocenters. The molecule has 10 heteroatoms. The summed E-state index contributed by atoms with van der Waals surface area (Å²) < 4.78 is 0. The number of aliphatic hydroxyl groups is 4. The molecule has 0 aliphatic rings. The van der Waals surface area contributed by atoms with Crippen LogP contribution in [-0.2, 0) is 14.4 Å². The largest absolute Gasteiger partial charge is 0.478 e. The minimum absolute atomic E-state index is 0.406.